The molecule has 4 heteroatoms. The van der Waals surface area contributed by atoms with Crippen LogP contribution in [0.1, 0.15) is 23.2 Å². The fourth-order valence-electron chi connectivity index (χ4n) is 3.99. The molecule has 0 spiro atoms. The monoisotopic (exact) mass is 338 g/mol. The Hall–Kier alpha value is -1.78. The molecule has 2 aromatic rings. The molecule has 2 aromatic carbocycles. The molecule has 0 aromatic heterocycles. The van der Waals surface area contributed by atoms with Gasteiger partial charge in [0.05, 0.1) is 5.56 Å². The first-order valence-electron chi connectivity index (χ1n) is 8.59. The van der Waals surface area contributed by atoms with Crippen LogP contribution in [0.25, 0.3) is 0 Å². The van der Waals surface area contributed by atoms with Crippen LogP contribution in [0.4, 0.5) is 0 Å². The topological polar surface area (TPSA) is 46.3 Å². The van der Waals surface area contributed by atoms with Crippen molar-refractivity contribution in [1.29, 1.82) is 0 Å². The van der Waals surface area contributed by atoms with Crippen LogP contribution in [-0.2, 0) is 0 Å². The predicted octanol–water partition coefficient (Wildman–Crippen LogP) is 3.65. The van der Waals surface area contributed by atoms with E-state index in [2.05, 4.69) is 12.1 Å². The van der Waals surface area contributed by atoms with Crippen LogP contribution >= 0.6 is 11.8 Å². The lowest BCUT2D eigenvalue weighted by molar-refractivity contribution is 0.0776. The van der Waals surface area contributed by atoms with Crippen molar-refractivity contribution in [2.24, 2.45) is 17.6 Å². The Bertz CT molecular complexity index is 733. The third-order valence-electron chi connectivity index (χ3n) is 5.29. The van der Waals surface area contributed by atoms with E-state index in [1.807, 2.05) is 47.4 Å². The van der Waals surface area contributed by atoms with Crippen molar-refractivity contribution in [3.05, 3.63) is 60.2 Å². The van der Waals surface area contributed by atoms with Crippen LogP contribution in [0.5, 0.6) is 0 Å². The van der Waals surface area contributed by atoms with Gasteiger partial charge in [0.1, 0.15) is 0 Å². The minimum atomic E-state index is 0.149. The summed E-state index contributed by atoms with van der Waals surface area (Å²) in [6.07, 6.45) is 2.27. The molecular formula is C20H22N2OS. The molecule has 1 heterocycles. The standard InChI is InChI=1S/C20H22N2OS/c21-18-11-10-14-12-22(13-17(14)18)20(23)16-8-4-5-9-19(16)24-15-6-2-1-3-7-15/h1-9,14,17-18H,10-13,21H2. The second kappa shape index (κ2) is 6.61. The third-order valence-corrected chi connectivity index (χ3v) is 6.37. The van der Waals surface area contributed by atoms with Gasteiger partial charge >= 0.3 is 0 Å². The van der Waals surface area contributed by atoms with E-state index in [-0.39, 0.29) is 11.9 Å². The summed E-state index contributed by atoms with van der Waals surface area (Å²) in [7, 11) is 0. The van der Waals surface area contributed by atoms with Gasteiger partial charge in [0.15, 0.2) is 0 Å². The first kappa shape index (κ1) is 15.7. The molecule has 3 atom stereocenters. The predicted molar refractivity (Wildman–Crippen MR) is 97.1 cm³/mol. The Morgan fingerprint density at radius 3 is 2.54 bits per heavy atom. The summed E-state index contributed by atoms with van der Waals surface area (Å²) in [5.74, 6) is 1.23. The van der Waals surface area contributed by atoms with Crippen LogP contribution in [-0.4, -0.2) is 29.9 Å². The first-order valence-corrected chi connectivity index (χ1v) is 9.41. The van der Waals surface area contributed by atoms with Crippen LogP contribution < -0.4 is 5.73 Å². The molecule has 2 aliphatic rings. The molecule has 3 nitrogen and oxygen atoms in total. The molecule has 1 aliphatic carbocycles. The lowest BCUT2D eigenvalue weighted by atomic mass is 9.98. The highest BCUT2D eigenvalue weighted by Crippen LogP contribution is 2.38. The Morgan fingerprint density at radius 2 is 1.75 bits per heavy atom. The van der Waals surface area contributed by atoms with Crippen molar-refractivity contribution in [2.45, 2.75) is 28.7 Å². The van der Waals surface area contributed by atoms with Crippen molar-refractivity contribution in [1.82, 2.24) is 4.90 Å². The Labute approximate surface area is 147 Å². The molecule has 24 heavy (non-hydrogen) atoms. The van der Waals surface area contributed by atoms with Crippen molar-refractivity contribution < 1.29 is 4.79 Å². The van der Waals surface area contributed by atoms with E-state index in [4.69, 9.17) is 5.73 Å². The fraction of sp³-hybridized carbons (Fsp3) is 0.350. The van der Waals surface area contributed by atoms with Crippen molar-refractivity contribution in [3.8, 4) is 0 Å². The number of likely N-dealkylation sites (tertiary alicyclic amines) is 1. The second-order valence-electron chi connectivity index (χ2n) is 6.79. The van der Waals surface area contributed by atoms with E-state index in [9.17, 15) is 4.79 Å². The number of nitrogens with zero attached hydrogens (tertiary/aromatic N) is 1. The van der Waals surface area contributed by atoms with Gasteiger partial charge in [-0.1, -0.05) is 42.1 Å². The number of nitrogens with two attached hydrogens (primary N) is 1. The molecule has 1 amide bonds. The van der Waals surface area contributed by atoms with Crippen LogP contribution in [0.3, 0.4) is 0 Å². The van der Waals surface area contributed by atoms with Gasteiger partial charge in [-0.3, -0.25) is 4.79 Å². The summed E-state index contributed by atoms with van der Waals surface area (Å²) in [5.41, 5.74) is 7.02. The van der Waals surface area contributed by atoms with E-state index in [1.54, 1.807) is 11.8 Å². The Morgan fingerprint density at radius 1 is 1.00 bits per heavy atom. The van der Waals surface area contributed by atoms with E-state index >= 15 is 0 Å². The first-order chi connectivity index (χ1) is 11.7. The zero-order valence-electron chi connectivity index (χ0n) is 13.6. The van der Waals surface area contributed by atoms with Gasteiger partial charge in [-0.05, 0) is 48.9 Å². The Kier molecular flexibility index (Phi) is 4.33. The molecule has 1 saturated heterocycles. The molecule has 2 N–H and O–H groups in total. The largest absolute Gasteiger partial charge is 0.338 e. The van der Waals surface area contributed by atoms with Crippen molar-refractivity contribution >= 4 is 17.7 Å². The van der Waals surface area contributed by atoms with Gasteiger partial charge < -0.3 is 10.6 Å². The number of carbonyl (C=O) groups excluding carboxylic acids is 1. The Balaban J connectivity index is 1.55. The molecule has 4 rings (SSSR count). The summed E-state index contributed by atoms with van der Waals surface area (Å²) < 4.78 is 0. The van der Waals surface area contributed by atoms with Gasteiger partial charge in [-0.2, -0.15) is 0 Å². The van der Waals surface area contributed by atoms with E-state index in [1.165, 1.54) is 0 Å². The minimum absolute atomic E-state index is 0.149. The normalized spacial score (nSPS) is 25.7. The molecule has 1 saturated carbocycles. The number of amides is 1. The summed E-state index contributed by atoms with van der Waals surface area (Å²) in [5, 5.41) is 0. The number of hydrogen-bond donors (Lipinski definition) is 1. The summed E-state index contributed by atoms with van der Waals surface area (Å²) in [6, 6.07) is 18.4. The molecular weight excluding hydrogens is 316 g/mol. The summed E-state index contributed by atoms with van der Waals surface area (Å²) in [6.45, 7) is 1.68. The smallest absolute Gasteiger partial charge is 0.255 e. The highest BCUT2D eigenvalue weighted by Gasteiger charge is 2.42. The van der Waals surface area contributed by atoms with E-state index in [0.29, 0.717) is 11.8 Å². The number of fused-ring (bicyclic) bond motifs is 1. The molecule has 0 radical (unpaired) electrons. The van der Waals surface area contributed by atoms with Gasteiger partial charge in [0, 0.05) is 28.9 Å². The maximum Gasteiger partial charge on any atom is 0.255 e. The van der Waals surface area contributed by atoms with Crippen molar-refractivity contribution in [2.75, 3.05) is 13.1 Å². The van der Waals surface area contributed by atoms with Crippen LogP contribution in [0.2, 0.25) is 0 Å². The molecule has 2 fully saturated rings. The van der Waals surface area contributed by atoms with E-state index in [0.717, 1.165) is 41.3 Å². The zero-order valence-corrected chi connectivity index (χ0v) is 14.4. The van der Waals surface area contributed by atoms with Crippen LogP contribution in [0.15, 0.2) is 64.4 Å². The number of carbonyl (C=O) groups is 1. The lowest BCUT2D eigenvalue weighted by Crippen LogP contribution is -2.33. The fourth-order valence-corrected chi connectivity index (χ4v) is 4.95. The highest BCUT2D eigenvalue weighted by atomic mass is 32.2. The molecule has 124 valence electrons. The van der Waals surface area contributed by atoms with Gasteiger partial charge in [0.25, 0.3) is 5.91 Å². The van der Waals surface area contributed by atoms with Crippen molar-refractivity contribution in [3.63, 3.8) is 0 Å². The highest BCUT2D eigenvalue weighted by molar-refractivity contribution is 7.99. The second-order valence-corrected chi connectivity index (χ2v) is 7.90. The SMILES string of the molecule is NC1CCC2CN(C(=O)c3ccccc3Sc3ccccc3)CC12. The quantitative estimate of drug-likeness (QED) is 0.929. The number of hydrogen-bond acceptors (Lipinski definition) is 3. The maximum atomic E-state index is 13.1. The number of rotatable bonds is 3. The summed E-state index contributed by atoms with van der Waals surface area (Å²) >= 11 is 1.65. The van der Waals surface area contributed by atoms with Gasteiger partial charge in [-0.25, -0.2) is 0 Å². The average Bonchev–Trinajstić information content (AvgIpc) is 3.18. The maximum absolute atomic E-state index is 13.1. The summed E-state index contributed by atoms with van der Waals surface area (Å²) in [4.78, 5) is 17.3. The lowest BCUT2D eigenvalue weighted by Gasteiger charge is -2.20. The van der Waals surface area contributed by atoms with Gasteiger partial charge in [-0.15, -0.1) is 0 Å². The van der Waals surface area contributed by atoms with Gasteiger partial charge in [0.2, 0.25) is 0 Å². The molecule has 0 bridgehead atoms. The molecule has 1 aliphatic heterocycles. The molecule has 3 unspecified atom stereocenters. The number of benzene rings is 2. The third kappa shape index (κ3) is 2.96. The minimum Gasteiger partial charge on any atom is -0.338 e. The average molecular weight is 338 g/mol. The van der Waals surface area contributed by atoms with Crippen LogP contribution in [0, 0.1) is 11.8 Å². The zero-order chi connectivity index (χ0) is 16.5. The van der Waals surface area contributed by atoms with E-state index < -0.39 is 0 Å².